The minimum atomic E-state index is -0.0627. The van der Waals surface area contributed by atoms with E-state index in [2.05, 4.69) is 69.8 Å². The molecule has 0 unspecified atom stereocenters. The molecule has 4 aromatic rings. The van der Waals surface area contributed by atoms with E-state index in [-0.39, 0.29) is 11.9 Å². The summed E-state index contributed by atoms with van der Waals surface area (Å²) in [4.78, 5) is 32.7. The maximum atomic E-state index is 12.3. The molecule has 2 aromatic heterocycles. The summed E-state index contributed by atoms with van der Waals surface area (Å²) in [5.74, 6) is 1.10. The normalized spacial score (nSPS) is 15.1. The van der Waals surface area contributed by atoms with Gasteiger partial charge in [0.05, 0.1) is 12.2 Å². The number of nitrogens with zero attached hydrogens (tertiary/aromatic N) is 7. The van der Waals surface area contributed by atoms with Crippen LogP contribution in [-0.2, 0) is 4.79 Å². The van der Waals surface area contributed by atoms with E-state index in [0.717, 1.165) is 36.6 Å². The van der Waals surface area contributed by atoms with Gasteiger partial charge in [0.2, 0.25) is 17.8 Å². The Morgan fingerprint density at radius 2 is 1.77 bits per heavy atom. The lowest BCUT2D eigenvalue weighted by atomic mass is 10.2. The Morgan fingerprint density at radius 3 is 2.49 bits per heavy atom. The third-order valence-electron chi connectivity index (χ3n) is 6.92. The van der Waals surface area contributed by atoms with Gasteiger partial charge >= 0.3 is 0 Å². The van der Waals surface area contributed by atoms with Crippen molar-refractivity contribution in [2.75, 3.05) is 62.9 Å². The number of fused-ring (bicyclic) bond motifs is 1. The number of rotatable bonds is 10. The number of carbonyl (C=O) groups is 1. The molecule has 0 saturated carbocycles. The highest BCUT2D eigenvalue weighted by Gasteiger charge is 2.30. The number of carbonyl (C=O) groups excluding carboxylic acids is 1. The van der Waals surface area contributed by atoms with Gasteiger partial charge in [-0.1, -0.05) is 24.8 Å². The number of anilines is 5. The number of amides is 1. The molecule has 0 radical (unpaired) electrons. The molecule has 0 bridgehead atoms. The van der Waals surface area contributed by atoms with E-state index >= 15 is 0 Å². The van der Waals surface area contributed by atoms with Crippen molar-refractivity contribution in [2.45, 2.75) is 12.5 Å². The smallest absolute Gasteiger partial charge is 0.246 e. The van der Waals surface area contributed by atoms with Gasteiger partial charge in [-0.25, -0.2) is 9.97 Å². The fourth-order valence-corrected chi connectivity index (χ4v) is 4.73. The summed E-state index contributed by atoms with van der Waals surface area (Å²) in [6, 6.07) is 18.2. The minimum Gasteiger partial charge on any atom is -0.373 e. The van der Waals surface area contributed by atoms with Crippen molar-refractivity contribution in [1.82, 2.24) is 29.3 Å². The van der Waals surface area contributed by atoms with Crippen molar-refractivity contribution in [3.63, 3.8) is 0 Å². The first-order valence-corrected chi connectivity index (χ1v) is 13.1. The Labute approximate surface area is 229 Å². The number of para-hydroxylation sites is 1. The van der Waals surface area contributed by atoms with E-state index in [9.17, 15) is 4.79 Å². The Bertz CT molecular complexity index is 1430. The Kier molecular flexibility index (Phi) is 7.74. The first-order chi connectivity index (χ1) is 18.9. The second-order valence-electron chi connectivity index (χ2n) is 10.0. The van der Waals surface area contributed by atoms with Crippen LogP contribution in [-0.4, -0.2) is 82.5 Å². The second kappa shape index (κ2) is 11.5. The Balaban J connectivity index is 1.42. The van der Waals surface area contributed by atoms with Gasteiger partial charge < -0.3 is 25.3 Å². The molecule has 1 saturated heterocycles. The van der Waals surface area contributed by atoms with Crippen LogP contribution in [0.25, 0.3) is 11.2 Å². The molecule has 10 heteroatoms. The lowest BCUT2D eigenvalue weighted by Gasteiger charge is -2.21. The fourth-order valence-electron chi connectivity index (χ4n) is 4.73. The maximum Gasteiger partial charge on any atom is 0.246 e. The van der Waals surface area contributed by atoms with Gasteiger partial charge in [-0.2, -0.15) is 4.98 Å². The molecule has 2 aromatic carbocycles. The summed E-state index contributed by atoms with van der Waals surface area (Å²) in [6.07, 6.45) is 3.90. The Hall–Kier alpha value is -4.44. The van der Waals surface area contributed by atoms with Crippen molar-refractivity contribution < 1.29 is 4.79 Å². The molecule has 3 heterocycles. The summed E-state index contributed by atoms with van der Waals surface area (Å²) < 4.78 is 2.09. The van der Waals surface area contributed by atoms with Crippen LogP contribution in [0.15, 0.2) is 73.4 Å². The van der Waals surface area contributed by atoms with Gasteiger partial charge in [0.25, 0.3) is 0 Å². The lowest BCUT2D eigenvalue weighted by molar-refractivity contribution is -0.125. The van der Waals surface area contributed by atoms with Crippen molar-refractivity contribution in [1.29, 1.82) is 0 Å². The molecule has 1 atom stereocenters. The highest BCUT2D eigenvalue weighted by atomic mass is 16.2. The molecule has 1 aliphatic rings. The van der Waals surface area contributed by atoms with Gasteiger partial charge in [0.15, 0.2) is 5.65 Å². The molecule has 10 nitrogen and oxygen atoms in total. The van der Waals surface area contributed by atoms with Gasteiger partial charge in [-0.15, -0.1) is 0 Å². The topological polar surface area (TPSA) is 94.4 Å². The third kappa shape index (κ3) is 6.01. The van der Waals surface area contributed by atoms with E-state index in [1.807, 2.05) is 47.4 Å². The average Bonchev–Trinajstić information content (AvgIpc) is 3.56. The minimum absolute atomic E-state index is 0.0184. The zero-order chi connectivity index (χ0) is 27.4. The maximum absolute atomic E-state index is 12.3. The molecule has 0 aliphatic carbocycles. The highest BCUT2D eigenvalue weighted by Crippen LogP contribution is 2.32. The first-order valence-electron chi connectivity index (χ1n) is 13.1. The lowest BCUT2D eigenvalue weighted by Crippen LogP contribution is -2.28. The Morgan fingerprint density at radius 1 is 1.03 bits per heavy atom. The standard InChI is InChI=1S/C29H35N9O/c1-5-26(39)37-16-15-24(20-37)38-27-25(33-29(38)32-21-9-7-6-8-10-21)19-30-28(34-27)31-22-11-13-23(14-12-22)36(4)18-17-35(2)3/h5-14,19,24H,1,15-18,20H2,2-4H3,(H,32,33)(H,30,31,34)/t24-/m0/s1. The second-order valence-corrected chi connectivity index (χ2v) is 10.0. The fraction of sp³-hybridized carbons (Fsp3) is 0.310. The van der Waals surface area contributed by atoms with Crippen LogP contribution in [0, 0.1) is 0 Å². The largest absolute Gasteiger partial charge is 0.373 e. The van der Waals surface area contributed by atoms with Crippen molar-refractivity contribution >= 4 is 46.0 Å². The van der Waals surface area contributed by atoms with Gasteiger partial charge in [-0.3, -0.25) is 9.36 Å². The molecule has 1 amide bonds. The molecule has 1 aliphatic heterocycles. The van der Waals surface area contributed by atoms with Crippen LogP contribution in [0.3, 0.4) is 0 Å². The predicted molar refractivity (Wildman–Crippen MR) is 157 cm³/mol. The van der Waals surface area contributed by atoms with E-state index in [4.69, 9.17) is 9.97 Å². The van der Waals surface area contributed by atoms with Crippen LogP contribution in [0.2, 0.25) is 0 Å². The number of aromatic nitrogens is 4. The van der Waals surface area contributed by atoms with Crippen molar-refractivity contribution in [2.24, 2.45) is 0 Å². The number of likely N-dealkylation sites (tertiary alicyclic amines) is 1. The van der Waals surface area contributed by atoms with Gasteiger partial charge in [0, 0.05) is 50.3 Å². The van der Waals surface area contributed by atoms with Gasteiger partial charge in [0.1, 0.15) is 5.52 Å². The van der Waals surface area contributed by atoms with Crippen LogP contribution >= 0.6 is 0 Å². The molecule has 0 spiro atoms. The number of benzene rings is 2. The molecule has 1 fully saturated rings. The molecule has 2 N–H and O–H groups in total. The summed E-state index contributed by atoms with van der Waals surface area (Å²) in [5.41, 5.74) is 4.37. The summed E-state index contributed by atoms with van der Waals surface area (Å²) in [5, 5.41) is 6.77. The average molecular weight is 526 g/mol. The molecule has 39 heavy (non-hydrogen) atoms. The van der Waals surface area contributed by atoms with Crippen LogP contribution in [0.1, 0.15) is 12.5 Å². The van der Waals surface area contributed by atoms with Crippen LogP contribution in [0.5, 0.6) is 0 Å². The summed E-state index contributed by atoms with van der Waals surface area (Å²) >= 11 is 0. The van der Waals surface area contributed by atoms with E-state index in [0.29, 0.717) is 36.2 Å². The highest BCUT2D eigenvalue weighted by molar-refractivity contribution is 5.87. The molecule has 5 rings (SSSR count). The first kappa shape index (κ1) is 26.2. The number of hydrogen-bond acceptors (Lipinski definition) is 8. The van der Waals surface area contributed by atoms with E-state index in [1.165, 1.54) is 6.08 Å². The zero-order valence-electron chi connectivity index (χ0n) is 22.7. The number of imidazole rings is 1. The quantitative estimate of drug-likeness (QED) is 0.297. The van der Waals surface area contributed by atoms with E-state index in [1.54, 1.807) is 6.20 Å². The summed E-state index contributed by atoms with van der Waals surface area (Å²) in [7, 11) is 6.25. The van der Waals surface area contributed by atoms with Crippen LogP contribution in [0.4, 0.5) is 29.0 Å². The molecular weight excluding hydrogens is 490 g/mol. The van der Waals surface area contributed by atoms with Gasteiger partial charge in [-0.05, 0) is 63.0 Å². The number of nitrogens with one attached hydrogen (secondary N) is 2. The van der Waals surface area contributed by atoms with E-state index < -0.39 is 0 Å². The van der Waals surface area contributed by atoms with Crippen molar-refractivity contribution in [3.8, 4) is 0 Å². The monoisotopic (exact) mass is 525 g/mol. The zero-order valence-corrected chi connectivity index (χ0v) is 22.7. The molecule has 202 valence electrons. The third-order valence-corrected chi connectivity index (χ3v) is 6.92. The summed E-state index contributed by atoms with van der Waals surface area (Å²) in [6.45, 7) is 6.80. The number of hydrogen-bond donors (Lipinski definition) is 2. The molecular formula is C29H35N9O. The van der Waals surface area contributed by atoms with Crippen molar-refractivity contribution in [3.05, 3.63) is 73.4 Å². The van der Waals surface area contributed by atoms with Crippen LogP contribution < -0.4 is 15.5 Å². The number of likely N-dealkylation sites (N-methyl/N-ethyl adjacent to an activating group) is 2. The SMILES string of the molecule is C=CC(=O)N1CC[C@H](n2c(Nc3ccccc3)nc3cnc(Nc4ccc(N(C)CCN(C)C)cc4)nc32)C1. The predicted octanol–water partition coefficient (Wildman–Crippen LogP) is 4.27.